The maximum absolute atomic E-state index is 13.8. The fourth-order valence-electron chi connectivity index (χ4n) is 4.98. The number of nitrogens with one attached hydrogen (secondary N) is 1. The molecule has 0 spiro atoms. The highest BCUT2D eigenvalue weighted by Gasteiger charge is 2.57. The number of carbonyl (C=O) groups is 3. The van der Waals surface area contributed by atoms with Crippen molar-refractivity contribution < 1.29 is 31.9 Å². The molecule has 1 saturated heterocycles. The number of alkyl halides is 3. The maximum Gasteiger partial charge on any atom is 0.416 e. The lowest BCUT2D eigenvalue weighted by Crippen LogP contribution is -2.32. The van der Waals surface area contributed by atoms with Gasteiger partial charge in [0.25, 0.3) is 0 Å². The number of halogens is 4. The Hall–Kier alpha value is -3.75. The zero-order valence-electron chi connectivity index (χ0n) is 20.6. The number of thiazole rings is 1. The molecule has 3 atom stereocenters. The van der Waals surface area contributed by atoms with Crippen LogP contribution >= 0.6 is 34.4 Å². The number of imide groups is 1. The van der Waals surface area contributed by atoms with Crippen LogP contribution in [0.4, 0.5) is 28.9 Å². The summed E-state index contributed by atoms with van der Waals surface area (Å²) in [5.41, 5.74) is -0.853. The first-order valence-corrected chi connectivity index (χ1v) is 14.6. The van der Waals surface area contributed by atoms with Crippen molar-refractivity contribution in [3.05, 3.63) is 96.8 Å². The van der Waals surface area contributed by atoms with Crippen LogP contribution in [-0.4, -0.2) is 27.5 Å². The summed E-state index contributed by atoms with van der Waals surface area (Å²) in [5.74, 6) is -4.06. The molecule has 2 aromatic heterocycles. The highest BCUT2D eigenvalue weighted by Crippen LogP contribution is 2.54. The first-order valence-electron chi connectivity index (χ1n) is 12.1. The Labute approximate surface area is 241 Å². The summed E-state index contributed by atoms with van der Waals surface area (Å²) in [7, 11) is 0. The average Bonchev–Trinajstić information content (AvgIpc) is 3.62. The highest BCUT2D eigenvalue weighted by molar-refractivity contribution is 8.00. The fraction of sp³-hybridized carbons (Fsp3) is 0.185. The Bertz CT molecular complexity index is 1730. The summed E-state index contributed by atoms with van der Waals surface area (Å²) in [6, 6.07) is 12.7. The zero-order chi connectivity index (χ0) is 29.1. The highest BCUT2D eigenvalue weighted by atomic mass is 32.2. The van der Waals surface area contributed by atoms with E-state index in [1.807, 2.05) is 0 Å². The molecule has 6 rings (SSSR count). The number of fused-ring (bicyclic) bond motifs is 2. The van der Waals surface area contributed by atoms with E-state index >= 15 is 0 Å². The Morgan fingerprint density at radius 2 is 1.73 bits per heavy atom. The van der Waals surface area contributed by atoms with Crippen molar-refractivity contribution in [3.63, 3.8) is 0 Å². The molecule has 1 N–H and O–H groups in total. The van der Waals surface area contributed by atoms with Crippen LogP contribution in [0.3, 0.4) is 0 Å². The minimum absolute atomic E-state index is 0.186. The molecule has 0 aliphatic carbocycles. The van der Waals surface area contributed by atoms with E-state index in [1.54, 1.807) is 17.5 Å². The molecule has 210 valence electrons. The third-order valence-electron chi connectivity index (χ3n) is 6.76. The van der Waals surface area contributed by atoms with Crippen LogP contribution in [0.5, 0.6) is 0 Å². The normalized spacial score (nSPS) is 20.2. The van der Waals surface area contributed by atoms with Gasteiger partial charge in [0.2, 0.25) is 17.7 Å². The van der Waals surface area contributed by atoms with Crippen molar-refractivity contribution in [3.8, 4) is 0 Å². The number of hydrogen-bond donors (Lipinski definition) is 1. The number of hydrogen-bond acceptors (Lipinski definition) is 7. The lowest BCUT2D eigenvalue weighted by Gasteiger charge is -2.29. The lowest BCUT2D eigenvalue weighted by atomic mass is 9.87. The largest absolute Gasteiger partial charge is 0.416 e. The maximum atomic E-state index is 13.8. The molecule has 0 radical (unpaired) electrons. The van der Waals surface area contributed by atoms with Gasteiger partial charge in [0.1, 0.15) is 17.6 Å². The van der Waals surface area contributed by atoms with Gasteiger partial charge in [-0.3, -0.25) is 23.7 Å². The molecule has 4 aromatic rings. The molecule has 14 heteroatoms. The molecule has 3 unspecified atom stereocenters. The summed E-state index contributed by atoms with van der Waals surface area (Å²) in [4.78, 5) is 54.9. The second kappa shape index (κ2) is 10.3. The minimum Gasteiger partial charge on any atom is -0.325 e. The van der Waals surface area contributed by atoms with Gasteiger partial charge in [-0.25, -0.2) is 9.29 Å². The average molecular weight is 620 g/mol. The van der Waals surface area contributed by atoms with Crippen LogP contribution in [0.15, 0.2) is 75.9 Å². The molecule has 7 nitrogen and oxygen atoms in total. The standard InChI is InChI=1S/C27H17F4N3O4S3/c28-14-6-8-15(9-7-14)32-18(35)12-33-25-22(41-26(33)38)19(17-5-2-10-39-17)20-21(40-25)24(37)34(23(20)36)16-4-1-3-13(11-16)27(29,30)31/h1-11,19-21H,12H2,(H,32,35). The van der Waals surface area contributed by atoms with Gasteiger partial charge in [-0.2, -0.15) is 13.2 Å². The van der Waals surface area contributed by atoms with Gasteiger partial charge in [-0.05, 0) is 53.9 Å². The molecule has 0 bridgehead atoms. The smallest absolute Gasteiger partial charge is 0.325 e. The summed E-state index contributed by atoms with van der Waals surface area (Å²) >= 11 is 3.15. The first-order chi connectivity index (χ1) is 19.5. The van der Waals surface area contributed by atoms with Crippen molar-refractivity contribution in [2.45, 2.75) is 28.9 Å². The number of rotatable bonds is 5. The number of anilines is 2. The summed E-state index contributed by atoms with van der Waals surface area (Å²) in [6.07, 6.45) is -4.67. The zero-order valence-corrected chi connectivity index (χ0v) is 23.0. The van der Waals surface area contributed by atoms with E-state index in [-0.39, 0.29) is 5.69 Å². The molecule has 41 heavy (non-hydrogen) atoms. The number of amides is 3. The molecule has 3 amide bonds. The summed E-state index contributed by atoms with van der Waals surface area (Å²) < 4.78 is 54.7. The van der Waals surface area contributed by atoms with Crippen molar-refractivity contribution in [1.82, 2.24) is 4.57 Å². The quantitative estimate of drug-likeness (QED) is 0.233. The third kappa shape index (κ3) is 4.89. The first kappa shape index (κ1) is 27.4. The fourth-order valence-corrected chi connectivity index (χ4v) is 8.70. The Morgan fingerprint density at radius 1 is 0.976 bits per heavy atom. The lowest BCUT2D eigenvalue weighted by molar-refractivity contribution is -0.137. The molecule has 2 aromatic carbocycles. The number of thiophene rings is 1. The van der Waals surface area contributed by atoms with E-state index in [0.29, 0.717) is 20.5 Å². The van der Waals surface area contributed by atoms with E-state index in [9.17, 15) is 36.7 Å². The van der Waals surface area contributed by atoms with E-state index in [4.69, 9.17) is 0 Å². The van der Waals surface area contributed by atoms with Gasteiger partial charge < -0.3 is 5.32 Å². The predicted octanol–water partition coefficient (Wildman–Crippen LogP) is 5.56. The Balaban J connectivity index is 1.38. The van der Waals surface area contributed by atoms with Crippen molar-refractivity contribution in [2.75, 3.05) is 10.2 Å². The Kier molecular flexibility index (Phi) is 6.86. The van der Waals surface area contributed by atoms with E-state index in [0.717, 1.165) is 46.2 Å². The van der Waals surface area contributed by atoms with Crippen LogP contribution in [0.25, 0.3) is 0 Å². The van der Waals surface area contributed by atoms with Gasteiger partial charge in [0, 0.05) is 21.4 Å². The van der Waals surface area contributed by atoms with Gasteiger partial charge in [-0.1, -0.05) is 35.2 Å². The van der Waals surface area contributed by atoms with Gasteiger partial charge in [-0.15, -0.1) is 11.3 Å². The minimum atomic E-state index is -4.67. The number of thioether (sulfide) groups is 1. The van der Waals surface area contributed by atoms with Crippen molar-refractivity contribution in [1.29, 1.82) is 0 Å². The number of carbonyl (C=O) groups excluding carboxylic acids is 3. The molecule has 2 aliphatic rings. The van der Waals surface area contributed by atoms with Crippen LogP contribution in [-0.2, 0) is 27.1 Å². The number of aromatic nitrogens is 1. The van der Waals surface area contributed by atoms with Crippen molar-refractivity contribution >= 4 is 63.5 Å². The molecule has 1 fully saturated rings. The topological polar surface area (TPSA) is 88.5 Å². The van der Waals surface area contributed by atoms with Crippen LogP contribution < -0.4 is 15.1 Å². The summed E-state index contributed by atoms with van der Waals surface area (Å²) in [6.45, 7) is -0.400. The van der Waals surface area contributed by atoms with Gasteiger partial charge >= 0.3 is 11.0 Å². The van der Waals surface area contributed by atoms with Crippen LogP contribution in [0.1, 0.15) is 21.2 Å². The molecule has 2 aliphatic heterocycles. The van der Waals surface area contributed by atoms with Crippen LogP contribution in [0.2, 0.25) is 0 Å². The van der Waals surface area contributed by atoms with Gasteiger partial charge in [0.05, 0.1) is 22.2 Å². The Morgan fingerprint density at radius 3 is 2.41 bits per heavy atom. The van der Waals surface area contributed by atoms with Gasteiger partial charge in [0.15, 0.2) is 0 Å². The van der Waals surface area contributed by atoms with Crippen molar-refractivity contribution in [2.24, 2.45) is 5.92 Å². The molecule has 0 saturated carbocycles. The predicted molar refractivity (Wildman–Crippen MR) is 147 cm³/mol. The molecular weight excluding hydrogens is 603 g/mol. The molecule has 4 heterocycles. The van der Waals surface area contributed by atoms with E-state index < -0.39 is 63.8 Å². The van der Waals surface area contributed by atoms with E-state index in [2.05, 4.69) is 5.32 Å². The number of nitrogens with zero attached hydrogens (tertiary/aromatic N) is 2. The molecular formula is C27H17F4N3O4S3. The number of benzene rings is 2. The third-order valence-corrected chi connectivity index (χ3v) is 10.3. The monoisotopic (exact) mass is 619 g/mol. The SMILES string of the molecule is O=C(Cn1c2c(sc1=O)C(c1cccs1)C1C(=O)N(c3cccc(C(F)(F)F)c3)C(=O)C1S2)Nc1ccc(F)cc1. The second-order valence-corrected chi connectivity index (χ2v) is 12.4. The summed E-state index contributed by atoms with van der Waals surface area (Å²) in [5, 5.41) is 3.70. The van der Waals surface area contributed by atoms with Crippen LogP contribution in [0, 0.1) is 11.7 Å². The second-order valence-electron chi connectivity index (χ2n) is 9.30. The van der Waals surface area contributed by atoms with E-state index in [1.165, 1.54) is 46.2 Å².